The Morgan fingerprint density at radius 2 is 1.89 bits per heavy atom. The van der Waals surface area contributed by atoms with Gasteiger partial charge in [0.15, 0.2) is 9.84 Å². The number of rotatable bonds is 4. The fourth-order valence-corrected chi connectivity index (χ4v) is 2.00. The molecule has 0 radical (unpaired) electrons. The maximum Gasteiger partial charge on any atom is 0.175 e. The standard InChI is InChI=1S/C8H10O2S.C6H12O/c1-7-4-3-5-8(6-7)11(2,9)10;1-3-4-5-6(2)7/h3-6H,1-2H3;3-5H2,1-2H3. The molecular weight excluding hydrogens is 248 g/mol. The predicted octanol–water partition coefficient (Wildman–Crippen LogP) is 3.16. The zero-order chi connectivity index (χ0) is 14.2. The molecule has 1 aromatic rings. The molecule has 102 valence electrons. The van der Waals surface area contributed by atoms with Gasteiger partial charge in [-0.3, -0.25) is 0 Å². The second-order valence-electron chi connectivity index (χ2n) is 4.39. The van der Waals surface area contributed by atoms with Crippen LogP contribution in [0, 0.1) is 6.92 Å². The van der Waals surface area contributed by atoms with Crippen LogP contribution in [0.15, 0.2) is 29.2 Å². The lowest BCUT2D eigenvalue weighted by Crippen LogP contribution is -1.96. The molecule has 18 heavy (non-hydrogen) atoms. The summed E-state index contributed by atoms with van der Waals surface area (Å²) in [5, 5.41) is 0. The molecule has 0 aromatic heterocycles. The van der Waals surface area contributed by atoms with Crippen molar-refractivity contribution in [3.63, 3.8) is 0 Å². The highest BCUT2D eigenvalue weighted by atomic mass is 32.2. The molecule has 0 heterocycles. The van der Waals surface area contributed by atoms with Gasteiger partial charge in [-0.15, -0.1) is 0 Å². The summed E-state index contributed by atoms with van der Waals surface area (Å²) in [7, 11) is -3.03. The number of sulfone groups is 1. The Kier molecular flexibility index (Phi) is 7.51. The largest absolute Gasteiger partial charge is 0.300 e. The molecule has 0 saturated carbocycles. The first-order chi connectivity index (χ1) is 8.27. The molecule has 0 spiro atoms. The summed E-state index contributed by atoms with van der Waals surface area (Å²) < 4.78 is 22.0. The van der Waals surface area contributed by atoms with E-state index in [-0.39, 0.29) is 0 Å². The summed E-state index contributed by atoms with van der Waals surface area (Å²) in [6, 6.07) is 6.87. The van der Waals surface area contributed by atoms with Crippen LogP contribution in [0.1, 0.15) is 38.7 Å². The molecule has 0 fully saturated rings. The van der Waals surface area contributed by atoms with Crippen molar-refractivity contribution in [2.24, 2.45) is 0 Å². The Hall–Kier alpha value is -1.16. The van der Waals surface area contributed by atoms with E-state index in [9.17, 15) is 13.2 Å². The molecule has 0 amide bonds. The predicted molar refractivity (Wildman–Crippen MR) is 74.5 cm³/mol. The summed E-state index contributed by atoms with van der Waals surface area (Å²) >= 11 is 0. The van der Waals surface area contributed by atoms with Crippen molar-refractivity contribution < 1.29 is 13.2 Å². The van der Waals surface area contributed by atoms with Gasteiger partial charge < -0.3 is 4.79 Å². The maximum absolute atomic E-state index is 11.0. The fraction of sp³-hybridized carbons (Fsp3) is 0.500. The molecule has 4 heteroatoms. The van der Waals surface area contributed by atoms with Crippen LogP contribution in [0.3, 0.4) is 0 Å². The second-order valence-corrected chi connectivity index (χ2v) is 6.41. The summed E-state index contributed by atoms with van der Waals surface area (Å²) in [5.41, 5.74) is 0.966. The van der Waals surface area contributed by atoms with Crippen LogP contribution in [0.25, 0.3) is 0 Å². The van der Waals surface area contributed by atoms with E-state index in [1.807, 2.05) is 13.0 Å². The van der Waals surface area contributed by atoms with Crippen LogP contribution in [0.5, 0.6) is 0 Å². The Morgan fingerprint density at radius 1 is 1.28 bits per heavy atom. The highest BCUT2D eigenvalue weighted by Gasteiger charge is 2.04. The molecule has 0 atom stereocenters. The minimum atomic E-state index is -3.03. The Morgan fingerprint density at radius 3 is 2.17 bits per heavy atom. The van der Waals surface area contributed by atoms with E-state index in [1.165, 1.54) is 6.26 Å². The summed E-state index contributed by atoms with van der Waals surface area (Å²) in [6.45, 7) is 5.59. The Labute approximate surface area is 110 Å². The lowest BCUT2D eigenvalue weighted by Gasteiger charge is -1.97. The monoisotopic (exact) mass is 270 g/mol. The third kappa shape index (κ3) is 8.01. The van der Waals surface area contributed by atoms with Gasteiger partial charge in [-0.05, 0) is 38.0 Å². The number of hydrogen-bond acceptors (Lipinski definition) is 3. The molecule has 0 bridgehead atoms. The van der Waals surface area contributed by atoms with Crippen molar-refractivity contribution >= 4 is 15.6 Å². The fourth-order valence-electron chi connectivity index (χ4n) is 1.27. The molecule has 0 saturated heterocycles. The number of unbranched alkanes of at least 4 members (excludes halogenated alkanes) is 1. The minimum Gasteiger partial charge on any atom is -0.300 e. The van der Waals surface area contributed by atoms with Crippen molar-refractivity contribution in [2.45, 2.75) is 44.9 Å². The normalized spacial score (nSPS) is 10.4. The van der Waals surface area contributed by atoms with E-state index in [1.54, 1.807) is 25.1 Å². The lowest BCUT2D eigenvalue weighted by atomic mass is 10.2. The Balaban J connectivity index is 0.000000360. The Bertz CT molecular complexity index is 476. The van der Waals surface area contributed by atoms with Gasteiger partial charge in [0.2, 0.25) is 0 Å². The van der Waals surface area contributed by atoms with Crippen LogP contribution < -0.4 is 0 Å². The van der Waals surface area contributed by atoms with Gasteiger partial charge in [-0.1, -0.05) is 25.5 Å². The van der Waals surface area contributed by atoms with E-state index >= 15 is 0 Å². The SMILES string of the molecule is CCCCC(C)=O.Cc1cccc(S(C)(=O)=O)c1. The van der Waals surface area contributed by atoms with Gasteiger partial charge in [-0.25, -0.2) is 8.42 Å². The topological polar surface area (TPSA) is 51.2 Å². The van der Waals surface area contributed by atoms with E-state index in [0.717, 1.165) is 24.8 Å². The third-order valence-electron chi connectivity index (χ3n) is 2.30. The molecule has 1 rings (SSSR count). The molecule has 0 aliphatic carbocycles. The van der Waals surface area contributed by atoms with Gasteiger partial charge in [-0.2, -0.15) is 0 Å². The number of ketones is 1. The molecule has 3 nitrogen and oxygen atoms in total. The maximum atomic E-state index is 11.0. The number of carbonyl (C=O) groups excluding carboxylic acids is 1. The summed E-state index contributed by atoms with van der Waals surface area (Å²) in [5.74, 6) is 0.307. The van der Waals surface area contributed by atoms with Crippen LogP contribution in [-0.2, 0) is 14.6 Å². The van der Waals surface area contributed by atoms with Crippen molar-refractivity contribution in [1.29, 1.82) is 0 Å². The minimum absolute atomic E-state index is 0.307. The van der Waals surface area contributed by atoms with E-state index in [4.69, 9.17) is 0 Å². The van der Waals surface area contributed by atoms with Crippen molar-refractivity contribution in [2.75, 3.05) is 6.26 Å². The number of aryl methyl sites for hydroxylation is 1. The van der Waals surface area contributed by atoms with Crippen molar-refractivity contribution in [3.05, 3.63) is 29.8 Å². The first-order valence-corrected chi connectivity index (χ1v) is 7.92. The van der Waals surface area contributed by atoms with Gasteiger partial charge in [0, 0.05) is 12.7 Å². The van der Waals surface area contributed by atoms with Gasteiger partial charge in [0.25, 0.3) is 0 Å². The molecule has 1 aromatic carbocycles. The molecule has 0 N–H and O–H groups in total. The number of hydrogen-bond donors (Lipinski definition) is 0. The van der Waals surface area contributed by atoms with Crippen LogP contribution >= 0.6 is 0 Å². The van der Waals surface area contributed by atoms with Crippen molar-refractivity contribution in [3.8, 4) is 0 Å². The average Bonchev–Trinajstić information content (AvgIpc) is 2.26. The molecule has 0 unspecified atom stereocenters. The first kappa shape index (κ1) is 16.8. The number of Topliss-reactive ketones (excluding diaryl/α,β-unsaturated/α-hetero) is 1. The van der Waals surface area contributed by atoms with Crippen LogP contribution in [-0.4, -0.2) is 20.5 Å². The third-order valence-corrected chi connectivity index (χ3v) is 3.41. The van der Waals surface area contributed by atoms with Gasteiger partial charge in [0.1, 0.15) is 5.78 Å². The van der Waals surface area contributed by atoms with Gasteiger partial charge >= 0.3 is 0 Å². The number of carbonyl (C=O) groups is 1. The highest BCUT2D eigenvalue weighted by Crippen LogP contribution is 2.09. The van der Waals surface area contributed by atoms with Gasteiger partial charge in [0.05, 0.1) is 4.90 Å². The highest BCUT2D eigenvalue weighted by molar-refractivity contribution is 7.90. The molecule has 0 aliphatic rings. The average molecular weight is 270 g/mol. The number of benzene rings is 1. The zero-order valence-corrected chi connectivity index (χ0v) is 12.4. The quantitative estimate of drug-likeness (QED) is 0.844. The zero-order valence-electron chi connectivity index (χ0n) is 11.6. The first-order valence-electron chi connectivity index (χ1n) is 6.03. The van der Waals surface area contributed by atoms with E-state index in [2.05, 4.69) is 6.92 Å². The van der Waals surface area contributed by atoms with Crippen molar-refractivity contribution in [1.82, 2.24) is 0 Å². The van der Waals surface area contributed by atoms with E-state index < -0.39 is 9.84 Å². The molecule has 0 aliphatic heterocycles. The summed E-state index contributed by atoms with van der Waals surface area (Å²) in [6.07, 6.45) is 4.15. The summed E-state index contributed by atoms with van der Waals surface area (Å²) in [4.78, 5) is 10.6. The smallest absolute Gasteiger partial charge is 0.175 e. The van der Waals surface area contributed by atoms with E-state index in [0.29, 0.717) is 10.7 Å². The second kappa shape index (κ2) is 8.03. The molecular formula is C14H22O3S. The van der Waals surface area contributed by atoms with Crippen LogP contribution in [0.4, 0.5) is 0 Å². The lowest BCUT2D eigenvalue weighted by molar-refractivity contribution is -0.117. The van der Waals surface area contributed by atoms with Crippen LogP contribution in [0.2, 0.25) is 0 Å².